The molecule has 0 aromatic rings. The predicted octanol–water partition coefficient (Wildman–Crippen LogP) is -3.42. The highest BCUT2D eigenvalue weighted by Gasteiger charge is 2.22. The smallest absolute Gasteiger partial charge is 0.330 e. The first-order chi connectivity index (χ1) is 57.3. The predicted molar refractivity (Wildman–Crippen MR) is 431 cm³/mol. The molecule has 0 aromatic heterocycles. The molecule has 0 fully saturated rings. The van der Waals surface area contributed by atoms with Gasteiger partial charge in [-0.3, -0.25) is 4.79 Å². The molecule has 123 heavy (non-hydrogen) atoms. The maximum Gasteiger partial charge on any atom is 0.330 e. The Labute approximate surface area is 716 Å². The van der Waals surface area contributed by atoms with Gasteiger partial charge in [0.25, 0.3) is 0 Å². The van der Waals surface area contributed by atoms with E-state index in [9.17, 15) is 104 Å². The summed E-state index contributed by atoms with van der Waals surface area (Å²) < 4.78 is 110. The molecular weight excluding hydrogens is 1650 g/mol. The van der Waals surface area contributed by atoms with Gasteiger partial charge >= 0.3 is 59.7 Å². The topological polar surface area (TPSA) is 628 Å². The fourth-order valence-electron chi connectivity index (χ4n) is 7.32. The molecule has 13 N–H and O–H groups in total. The van der Waals surface area contributed by atoms with Gasteiger partial charge in [-0.1, -0.05) is 80.6 Å². The fourth-order valence-corrected chi connectivity index (χ4v) is 7.32. The zero-order chi connectivity index (χ0) is 90.9. The van der Waals surface area contributed by atoms with Gasteiger partial charge in [-0.15, -0.1) is 0 Å². The van der Waals surface area contributed by atoms with Crippen molar-refractivity contribution < 1.29 is 214 Å². The zero-order valence-corrected chi connectivity index (χ0v) is 67.9. The molecule has 0 spiro atoms. The molecule has 0 heterocycles. The Morgan fingerprint density at radius 1 is 0.228 bits per heavy atom. The van der Waals surface area contributed by atoms with E-state index in [1.165, 1.54) is 0 Å². The molecule has 712 valence electrons. The zero-order valence-electron chi connectivity index (χ0n) is 67.9. The Balaban J connectivity index is -0.000000299. The molecular formula is C79H132O44. The van der Waals surface area contributed by atoms with Crippen molar-refractivity contribution in [2.75, 3.05) is 211 Å². The van der Waals surface area contributed by atoms with Crippen molar-refractivity contribution >= 4 is 59.7 Å². The van der Waals surface area contributed by atoms with E-state index in [2.05, 4.69) is 84.7 Å². The number of hydrogen-bond donors (Lipinski definition) is 11. The van der Waals surface area contributed by atoms with E-state index in [-0.39, 0.29) is 245 Å². The van der Waals surface area contributed by atoms with Crippen LogP contribution in [-0.4, -0.2) is 406 Å². The molecule has 0 radical (unpaired) electrons. The van der Waals surface area contributed by atoms with E-state index in [0.717, 1.165) is 60.9 Å². The number of aliphatic hydroxyl groups is 11. The Hall–Kier alpha value is -8.86. The molecule has 44 heteroatoms. The minimum Gasteiger partial charge on any atom is -0.460 e. The summed E-state index contributed by atoms with van der Waals surface area (Å²) in [5, 5.41) is 106. The van der Waals surface area contributed by atoms with Crippen molar-refractivity contribution in [1.82, 2.24) is 0 Å². The Morgan fingerprint density at radius 3 is 0.626 bits per heavy atom. The molecule has 44 nitrogen and oxygen atoms in total. The molecule has 0 aliphatic carbocycles. The molecule has 0 aliphatic heterocycles. The lowest BCUT2D eigenvalue weighted by atomic mass is 10.0. The number of carbonyl (C=O) groups is 10. The van der Waals surface area contributed by atoms with Crippen LogP contribution in [-0.2, 0) is 152 Å². The third-order valence-electron chi connectivity index (χ3n) is 12.9. The number of esters is 10. The van der Waals surface area contributed by atoms with Crippen molar-refractivity contribution in [3.8, 4) is 0 Å². The fraction of sp³-hybridized carbons (Fsp3) is 0.620. The van der Waals surface area contributed by atoms with E-state index in [1.54, 1.807) is 0 Å². The van der Waals surface area contributed by atoms with E-state index < -0.39 is 139 Å². The molecule has 0 aliphatic rings. The molecule has 0 amide bonds. The minimum atomic E-state index is -1.07. The highest BCUT2D eigenvalue weighted by molar-refractivity contribution is 5.84. The Bertz CT molecular complexity index is 2730. The van der Waals surface area contributed by atoms with Crippen LogP contribution in [0.2, 0.25) is 0 Å². The molecule has 10 atom stereocenters. The highest BCUT2D eigenvalue weighted by Crippen LogP contribution is 2.12. The maximum absolute atomic E-state index is 11.1. The van der Waals surface area contributed by atoms with Crippen LogP contribution in [0.15, 0.2) is 127 Å². The molecule has 0 aromatic carbocycles. The summed E-state index contributed by atoms with van der Waals surface area (Å²) >= 11 is 0. The number of aliphatic hydroxyl groups excluding tert-OH is 11. The van der Waals surface area contributed by atoms with Crippen molar-refractivity contribution in [2.24, 2.45) is 5.92 Å². The van der Waals surface area contributed by atoms with Crippen molar-refractivity contribution in [3.63, 3.8) is 0 Å². The third-order valence-corrected chi connectivity index (χ3v) is 12.9. The third kappa shape index (κ3) is 90.7. The quantitative estimate of drug-likeness (QED) is 0.00928. The van der Waals surface area contributed by atoms with Gasteiger partial charge in [0.2, 0.25) is 0 Å². The van der Waals surface area contributed by atoms with E-state index in [4.69, 9.17) is 85.3 Å². The summed E-state index contributed by atoms with van der Waals surface area (Å²) in [6.45, 7) is 30.8. The summed E-state index contributed by atoms with van der Waals surface area (Å²) in [6.07, 6.45) is -1.85. The van der Waals surface area contributed by atoms with Gasteiger partial charge < -0.3 is 166 Å². The summed E-state index contributed by atoms with van der Waals surface area (Å²) in [4.78, 5) is 109. The number of carbonyl (C=O) groups excluding carboxylic acids is 10. The Morgan fingerprint density at radius 2 is 0.407 bits per heavy atom. The first kappa shape index (κ1) is 127. The minimum absolute atomic E-state index is 0. The summed E-state index contributed by atoms with van der Waals surface area (Å²) in [7, 11) is 0. The van der Waals surface area contributed by atoms with E-state index in [1.807, 2.05) is 0 Å². The molecule has 0 bridgehead atoms. The summed E-state index contributed by atoms with van der Waals surface area (Å²) in [5.74, 6) is -6.89. The van der Waals surface area contributed by atoms with Crippen LogP contribution in [0.3, 0.4) is 0 Å². The largest absolute Gasteiger partial charge is 0.460 e. The van der Waals surface area contributed by atoms with Crippen LogP contribution in [0.4, 0.5) is 0 Å². The standard InChI is InChI=1S/C27H44O15.C21H32O11.C15H24O9.C14H22O8.2CH4.H2O/c1-4-25(31)40-16-21(28)13-34-7-9-37-19-24(39-12-11-36-15-23(30)18-42-27(33)6-3)20-38-10-8-35-14-22(29)17-41-26(32)5-2;1-4-19(25)30-12-16(22)7-15(8-28-10-17(23)13-31-20(26)5-2)9-29-11-18(24)14-32-21(27)6-3;1-3-14(19)23-9-12(17)7-21-5-11(16)6-22-8-13(18)10-24-15(20)4-2;1-3-13(17)22-10-12(16)9-20-6-5-19-8-11(15)7-14(18)21-4-2;;;/h4-6,21-24,28-30H,1-3,7-20H2;4-6,15-18,22-24H,1-3,7-14H2;3-4,11-13,16-18H,1-2,5-10H2;3-4,11-12,15-16H,1-2,5-10H2;2*1H4;1H2. The van der Waals surface area contributed by atoms with E-state index in [0.29, 0.717) is 0 Å². The van der Waals surface area contributed by atoms with Gasteiger partial charge in [-0.2, -0.15) is 0 Å². The van der Waals surface area contributed by atoms with Gasteiger partial charge in [0.15, 0.2) is 0 Å². The lowest BCUT2D eigenvalue weighted by Gasteiger charge is -2.22. The van der Waals surface area contributed by atoms with E-state index >= 15 is 0 Å². The second-order valence-electron chi connectivity index (χ2n) is 23.8. The van der Waals surface area contributed by atoms with Crippen LogP contribution < -0.4 is 0 Å². The molecule has 0 saturated heterocycles. The van der Waals surface area contributed by atoms with Gasteiger partial charge in [0.05, 0.1) is 177 Å². The molecule has 0 saturated carbocycles. The first-order valence-corrected chi connectivity index (χ1v) is 36.7. The summed E-state index contributed by atoms with van der Waals surface area (Å²) in [6, 6.07) is 0. The van der Waals surface area contributed by atoms with Gasteiger partial charge in [0.1, 0.15) is 121 Å². The Kier molecular flexibility index (Phi) is 92.5. The summed E-state index contributed by atoms with van der Waals surface area (Å²) in [5.41, 5.74) is 0. The van der Waals surface area contributed by atoms with Gasteiger partial charge in [-0.25, -0.2) is 43.2 Å². The van der Waals surface area contributed by atoms with Crippen LogP contribution in [0.1, 0.15) is 27.7 Å². The second kappa shape index (κ2) is 89.4. The average Bonchev–Trinajstić information content (AvgIpc) is 0.941. The van der Waals surface area contributed by atoms with Gasteiger partial charge in [0, 0.05) is 60.6 Å². The molecule has 0 rings (SSSR count). The number of hydrogen-bond acceptors (Lipinski definition) is 43. The highest BCUT2D eigenvalue weighted by atomic mass is 16.6. The van der Waals surface area contributed by atoms with Crippen LogP contribution in [0.25, 0.3) is 0 Å². The second-order valence-corrected chi connectivity index (χ2v) is 23.8. The monoisotopic (exact) mass is 1780 g/mol. The number of ether oxygens (including phenoxy) is 22. The van der Waals surface area contributed by atoms with Gasteiger partial charge in [-0.05, 0) is 6.42 Å². The molecule has 10 unspecified atom stereocenters. The van der Waals surface area contributed by atoms with Crippen molar-refractivity contribution in [2.45, 2.75) is 101 Å². The lowest BCUT2D eigenvalue weighted by Crippen LogP contribution is -2.30. The normalized spacial score (nSPS) is 13.6. The number of rotatable bonds is 75. The van der Waals surface area contributed by atoms with Crippen LogP contribution in [0, 0.1) is 5.92 Å². The van der Waals surface area contributed by atoms with Crippen molar-refractivity contribution in [3.05, 3.63) is 127 Å². The first-order valence-electron chi connectivity index (χ1n) is 36.7. The van der Waals surface area contributed by atoms with Crippen LogP contribution in [0.5, 0.6) is 0 Å². The van der Waals surface area contributed by atoms with Crippen molar-refractivity contribution in [1.29, 1.82) is 0 Å². The average molecular weight is 1790 g/mol. The lowest BCUT2D eigenvalue weighted by molar-refractivity contribution is -0.143. The maximum atomic E-state index is 11.1. The van der Waals surface area contributed by atoms with Crippen LogP contribution >= 0.6 is 0 Å². The SMILES string of the molecule is C.C.C=CC(=O)OCC(O)COCC(COCC(O)COC(=O)C=C)CC(O)COC(=O)C=C.C=CC(=O)OCC(O)COCC(O)COCC(O)COC(=O)C=C.C=CC(=O)OCC(O)COCCOCC(COCCOCC(O)COC(=O)C=C)OCCOCC(O)COC(=O)C=C.C=COC(=O)CC(O)COCCOCC(O)COC(=O)C=C.O.